The van der Waals surface area contributed by atoms with Gasteiger partial charge in [0.1, 0.15) is 0 Å². The monoisotopic (exact) mass is 130 g/mol. The minimum absolute atomic E-state index is 0.663. The van der Waals surface area contributed by atoms with Crippen LogP contribution in [0.1, 0.15) is 26.2 Å². The van der Waals surface area contributed by atoms with Crippen molar-refractivity contribution in [1.82, 2.24) is 0 Å². The highest BCUT2D eigenvalue weighted by Crippen LogP contribution is 1.84. The molecular weight excluding hydrogens is 120 g/mol. The van der Waals surface area contributed by atoms with E-state index in [1.807, 2.05) is 0 Å². The maximum atomic E-state index is 5.38. The summed E-state index contributed by atoms with van der Waals surface area (Å²) in [6.45, 7) is 2.12. The van der Waals surface area contributed by atoms with Gasteiger partial charge in [-0.1, -0.05) is 6.92 Å². The van der Waals surface area contributed by atoms with E-state index in [4.69, 9.17) is 11.6 Å². The summed E-state index contributed by atoms with van der Waals surface area (Å²) in [6.07, 6.45) is 2.99. The summed E-state index contributed by atoms with van der Waals surface area (Å²) in [5, 5.41) is 0. The van der Waals surface area contributed by atoms with Gasteiger partial charge in [-0.3, -0.25) is 0 Å². The minimum Gasteiger partial charge on any atom is -0.126 e. The van der Waals surface area contributed by atoms with Crippen LogP contribution >= 0.6 is 11.6 Å². The standard InChI is InChI=1S/C7H11Cl/c1-2-3-4-5-6-7-8/h2-3,6-7H2,1H3. The number of hydrogen-bond acceptors (Lipinski definition) is 0. The third kappa shape index (κ3) is 5.85. The van der Waals surface area contributed by atoms with E-state index in [2.05, 4.69) is 18.8 Å². The molecule has 0 unspecified atom stereocenters. The van der Waals surface area contributed by atoms with Crippen LogP contribution in [0.15, 0.2) is 0 Å². The second-order valence-electron chi connectivity index (χ2n) is 1.54. The molecule has 8 heavy (non-hydrogen) atoms. The molecule has 0 bridgehead atoms. The average molecular weight is 131 g/mol. The number of halogens is 1. The normalized spacial score (nSPS) is 7.75. The molecule has 0 nitrogen and oxygen atoms in total. The third-order valence-corrected chi connectivity index (χ3v) is 0.908. The summed E-state index contributed by atoms with van der Waals surface area (Å²) in [5.41, 5.74) is 0. The van der Waals surface area contributed by atoms with Crippen LogP contribution in [0.5, 0.6) is 0 Å². The molecule has 46 valence electrons. The number of rotatable bonds is 2. The highest BCUT2D eigenvalue weighted by molar-refractivity contribution is 6.17. The fraction of sp³-hybridized carbons (Fsp3) is 0.714. The number of alkyl halides is 1. The van der Waals surface area contributed by atoms with Gasteiger partial charge in [-0.2, -0.15) is 0 Å². The predicted octanol–water partition coefficient (Wildman–Crippen LogP) is 2.42. The molecule has 0 atom stereocenters. The van der Waals surface area contributed by atoms with Crippen LogP contribution in [-0.4, -0.2) is 5.88 Å². The summed E-state index contributed by atoms with van der Waals surface area (Å²) in [5.74, 6) is 6.62. The van der Waals surface area contributed by atoms with Gasteiger partial charge >= 0.3 is 0 Å². The lowest BCUT2D eigenvalue weighted by Crippen LogP contribution is -1.67. The van der Waals surface area contributed by atoms with Crippen LogP contribution in [0.2, 0.25) is 0 Å². The van der Waals surface area contributed by atoms with E-state index in [0.29, 0.717) is 5.88 Å². The highest BCUT2D eigenvalue weighted by Gasteiger charge is 1.71. The molecule has 0 aliphatic rings. The van der Waals surface area contributed by atoms with Gasteiger partial charge in [-0.15, -0.1) is 23.4 Å². The van der Waals surface area contributed by atoms with E-state index >= 15 is 0 Å². The van der Waals surface area contributed by atoms with Gasteiger partial charge < -0.3 is 0 Å². The minimum atomic E-state index is 0.663. The first-order chi connectivity index (χ1) is 3.91. The largest absolute Gasteiger partial charge is 0.126 e. The summed E-state index contributed by atoms with van der Waals surface area (Å²) in [6, 6.07) is 0. The number of unbranched alkanes of at least 4 members (excludes halogenated alkanes) is 1. The summed E-state index contributed by atoms with van der Waals surface area (Å²) in [7, 11) is 0. The lowest BCUT2D eigenvalue weighted by atomic mass is 10.3. The van der Waals surface area contributed by atoms with Crippen molar-refractivity contribution in [3.63, 3.8) is 0 Å². The SMILES string of the molecule is CCCC#CCCCl. The Bertz CT molecular complexity index is 76.3. The van der Waals surface area contributed by atoms with E-state index in [1.165, 1.54) is 0 Å². The van der Waals surface area contributed by atoms with Gasteiger partial charge in [0.15, 0.2) is 0 Å². The number of hydrogen-bond donors (Lipinski definition) is 0. The molecule has 0 aliphatic heterocycles. The Morgan fingerprint density at radius 3 is 2.38 bits per heavy atom. The molecular formula is C7H11Cl. The highest BCUT2D eigenvalue weighted by atomic mass is 35.5. The Hall–Kier alpha value is -0.150. The molecule has 0 saturated heterocycles. The Balaban J connectivity index is 2.95. The zero-order valence-electron chi connectivity index (χ0n) is 5.21. The molecule has 0 aliphatic carbocycles. The molecule has 0 aromatic rings. The maximum Gasteiger partial charge on any atom is 0.0333 e. The topological polar surface area (TPSA) is 0 Å². The van der Waals surface area contributed by atoms with E-state index in [0.717, 1.165) is 19.3 Å². The molecule has 1 heteroatoms. The summed E-state index contributed by atoms with van der Waals surface area (Å²) < 4.78 is 0. The van der Waals surface area contributed by atoms with Crippen LogP contribution in [0.3, 0.4) is 0 Å². The quantitative estimate of drug-likeness (QED) is 0.398. The van der Waals surface area contributed by atoms with Crippen molar-refractivity contribution in [3.8, 4) is 11.8 Å². The van der Waals surface area contributed by atoms with Crippen molar-refractivity contribution in [3.05, 3.63) is 0 Å². The van der Waals surface area contributed by atoms with Gasteiger partial charge in [-0.05, 0) is 6.42 Å². The molecule has 0 amide bonds. The molecule has 0 N–H and O–H groups in total. The van der Waals surface area contributed by atoms with Crippen molar-refractivity contribution >= 4 is 11.6 Å². The van der Waals surface area contributed by atoms with Crippen LogP contribution in [0.4, 0.5) is 0 Å². The van der Waals surface area contributed by atoms with E-state index in [-0.39, 0.29) is 0 Å². The maximum absolute atomic E-state index is 5.38. The molecule has 0 fully saturated rings. The molecule has 0 radical (unpaired) electrons. The molecule has 0 aromatic heterocycles. The Morgan fingerprint density at radius 1 is 1.25 bits per heavy atom. The third-order valence-electron chi connectivity index (χ3n) is 0.719. The van der Waals surface area contributed by atoms with Crippen LogP contribution in [0.25, 0.3) is 0 Å². The summed E-state index contributed by atoms with van der Waals surface area (Å²) in [4.78, 5) is 0. The van der Waals surface area contributed by atoms with Crippen molar-refractivity contribution in [1.29, 1.82) is 0 Å². The van der Waals surface area contributed by atoms with Gasteiger partial charge in [0.05, 0.1) is 0 Å². The second-order valence-corrected chi connectivity index (χ2v) is 1.92. The first-order valence-electron chi connectivity index (χ1n) is 2.93. The summed E-state index contributed by atoms with van der Waals surface area (Å²) >= 11 is 5.38. The molecule has 0 saturated carbocycles. The van der Waals surface area contributed by atoms with Crippen LogP contribution in [0, 0.1) is 11.8 Å². The zero-order valence-corrected chi connectivity index (χ0v) is 5.96. The van der Waals surface area contributed by atoms with E-state index in [9.17, 15) is 0 Å². The van der Waals surface area contributed by atoms with Gasteiger partial charge in [-0.25, -0.2) is 0 Å². The second kappa shape index (κ2) is 6.85. The van der Waals surface area contributed by atoms with Crippen LogP contribution in [-0.2, 0) is 0 Å². The van der Waals surface area contributed by atoms with Gasteiger partial charge in [0, 0.05) is 18.7 Å². The average Bonchev–Trinajstić information content (AvgIpc) is 1.81. The smallest absolute Gasteiger partial charge is 0.0333 e. The van der Waals surface area contributed by atoms with Gasteiger partial charge in [0.2, 0.25) is 0 Å². The Kier molecular flexibility index (Phi) is 6.72. The van der Waals surface area contributed by atoms with E-state index < -0.39 is 0 Å². The predicted molar refractivity (Wildman–Crippen MR) is 38.0 cm³/mol. The van der Waals surface area contributed by atoms with Crippen molar-refractivity contribution in [2.45, 2.75) is 26.2 Å². The first kappa shape index (κ1) is 7.85. The molecule has 0 rings (SSSR count). The fourth-order valence-electron chi connectivity index (χ4n) is 0.349. The van der Waals surface area contributed by atoms with Crippen molar-refractivity contribution < 1.29 is 0 Å². The first-order valence-corrected chi connectivity index (χ1v) is 3.47. The molecule has 0 spiro atoms. The fourth-order valence-corrected chi connectivity index (χ4v) is 0.444. The lowest BCUT2D eigenvalue weighted by Gasteiger charge is -1.77. The van der Waals surface area contributed by atoms with Crippen molar-refractivity contribution in [2.24, 2.45) is 0 Å². The van der Waals surface area contributed by atoms with Gasteiger partial charge in [0.25, 0.3) is 0 Å². The van der Waals surface area contributed by atoms with E-state index in [1.54, 1.807) is 0 Å². The molecule has 0 aromatic carbocycles. The van der Waals surface area contributed by atoms with Crippen molar-refractivity contribution in [2.75, 3.05) is 5.88 Å². The lowest BCUT2D eigenvalue weighted by molar-refractivity contribution is 0.981. The van der Waals surface area contributed by atoms with Crippen LogP contribution < -0.4 is 0 Å². The molecule has 0 heterocycles. The zero-order chi connectivity index (χ0) is 6.24. The Labute approximate surface area is 56.2 Å². The Morgan fingerprint density at radius 2 is 1.88 bits per heavy atom.